The molecule has 120 valence electrons. The summed E-state index contributed by atoms with van der Waals surface area (Å²) in [5.74, 6) is 0.425. The molecule has 1 aliphatic rings. The van der Waals surface area contributed by atoms with E-state index in [1.807, 2.05) is 26.8 Å². The number of hydrogen-bond acceptors (Lipinski definition) is 4. The smallest absolute Gasteiger partial charge is 0.257 e. The van der Waals surface area contributed by atoms with Crippen LogP contribution in [0.25, 0.3) is 5.65 Å². The number of aryl methyl sites for hydroxylation is 3. The number of carbonyl (C=O) groups is 1. The number of rotatable bonds is 4. The van der Waals surface area contributed by atoms with Gasteiger partial charge in [0.1, 0.15) is 5.56 Å². The van der Waals surface area contributed by atoms with Crippen molar-refractivity contribution in [2.45, 2.75) is 39.7 Å². The Morgan fingerprint density at radius 1 is 1.45 bits per heavy atom. The van der Waals surface area contributed by atoms with Gasteiger partial charge >= 0.3 is 0 Å². The van der Waals surface area contributed by atoms with Gasteiger partial charge in [0.05, 0.1) is 5.69 Å². The molecule has 6 nitrogen and oxygen atoms in total. The summed E-state index contributed by atoms with van der Waals surface area (Å²) in [6.45, 7) is 6.21. The Morgan fingerprint density at radius 2 is 2.14 bits per heavy atom. The third kappa shape index (κ3) is 3.08. The van der Waals surface area contributed by atoms with Crippen LogP contribution in [0.1, 0.15) is 40.3 Å². The summed E-state index contributed by atoms with van der Waals surface area (Å²) < 4.78 is 1.72. The van der Waals surface area contributed by atoms with Crippen molar-refractivity contribution in [1.29, 1.82) is 0 Å². The normalized spacial score (nSPS) is 15.5. The molecule has 0 radical (unpaired) electrons. The van der Waals surface area contributed by atoms with E-state index in [1.54, 1.807) is 4.52 Å². The molecule has 1 atom stereocenters. The predicted molar refractivity (Wildman–Crippen MR) is 87.5 cm³/mol. The van der Waals surface area contributed by atoms with Gasteiger partial charge < -0.3 is 11.1 Å². The van der Waals surface area contributed by atoms with Crippen molar-refractivity contribution < 1.29 is 4.79 Å². The number of hydrogen-bond donors (Lipinski definition) is 2. The second-order valence-corrected chi connectivity index (χ2v) is 5.95. The molecule has 7 heteroatoms. The standard InChI is InChI=1S/C15H21N5O.ClH/c1-8-6-9(2)20-14(18-8)13(10(3)19-20)15(21)17-7-12(16)11-4-5-11;/h6,11-12H,4-5,7,16H2,1-3H3,(H,17,21);1H. The van der Waals surface area contributed by atoms with Crippen molar-refractivity contribution in [3.63, 3.8) is 0 Å². The van der Waals surface area contributed by atoms with Gasteiger partial charge in [0, 0.05) is 24.0 Å². The molecule has 1 unspecified atom stereocenters. The molecule has 1 aliphatic carbocycles. The molecule has 0 spiro atoms. The highest BCUT2D eigenvalue weighted by Gasteiger charge is 2.29. The lowest BCUT2D eigenvalue weighted by atomic mass is 10.2. The molecule has 0 saturated heterocycles. The number of nitrogens with one attached hydrogen (secondary N) is 1. The van der Waals surface area contributed by atoms with Crippen LogP contribution >= 0.6 is 12.4 Å². The van der Waals surface area contributed by atoms with Crippen LogP contribution in [0.5, 0.6) is 0 Å². The lowest BCUT2D eigenvalue weighted by Crippen LogP contribution is -2.38. The van der Waals surface area contributed by atoms with Crippen molar-refractivity contribution in [1.82, 2.24) is 19.9 Å². The van der Waals surface area contributed by atoms with Crippen LogP contribution in [0, 0.1) is 26.7 Å². The highest BCUT2D eigenvalue weighted by molar-refractivity contribution is 6.01. The number of halogens is 1. The third-order valence-corrected chi connectivity index (χ3v) is 4.02. The minimum atomic E-state index is -0.142. The number of aromatic nitrogens is 3. The zero-order chi connectivity index (χ0) is 15.1. The topological polar surface area (TPSA) is 85.3 Å². The van der Waals surface area contributed by atoms with E-state index in [9.17, 15) is 4.79 Å². The van der Waals surface area contributed by atoms with Crippen LogP contribution in [-0.2, 0) is 0 Å². The molecule has 1 saturated carbocycles. The number of nitrogens with two attached hydrogens (primary N) is 1. The maximum Gasteiger partial charge on any atom is 0.257 e. The lowest BCUT2D eigenvalue weighted by Gasteiger charge is -2.11. The van der Waals surface area contributed by atoms with Gasteiger partial charge in [-0.25, -0.2) is 9.50 Å². The van der Waals surface area contributed by atoms with Crippen molar-refractivity contribution in [2.75, 3.05) is 6.54 Å². The van der Waals surface area contributed by atoms with Gasteiger partial charge in [-0.2, -0.15) is 5.10 Å². The summed E-state index contributed by atoms with van der Waals surface area (Å²) in [5.41, 5.74) is 9.72. The summed E-state index contributed by atoms with van der Waals surface area (Å²) in [4.78, 5) is 16.9. The van der Waals surface area contributed by atoms with Crippen LogP contribution in [-0.4, -0.2) is 33.1 Å². The first-order chi connectivity index (χ1) is 9.97. The Labute approximate surface area is 135 Å². The van der Waals surface area contributed by atoms with Crippen LogP contribution in [0.2, 0.25) is 0 Å². The Kier molecular flexibility index (Phi) is 4.72. The highest BCUT2D eigenvalue weighted by atomic mass is 35.5. The quantitative estimate of drug-likeness (QED) is 0.893. The van der Waals surface area contributed by atoms with Crippen molar-refractivity contribution in [2.24, 2.45) is 11.7 Å². The van der Waals surface area contributed by atoms with Crippen molar-refractivity contribution in [3.8, 4) is 0 Å². The van der Waals surface area contributed by atoms with Crippen molar-refractivity contribution in [3.05, 3.63) is 28.7 Å². The van der Waals surface area contributed by atoms with E-state index in [2.05, 4.69) is 15.4 Å². The summed E-state index contributed by atoms with van der Waals surface area (Å²) >= 11 is 0. The molecule has 22 heavy (non-hydrogen) atoms. The van der Waals surface area contributed by atoms with Gasteiger partial charge in [0.25, 0.3) is 5.91 Å². The van der Waals surface area contributed by atoms with Gasteiger partial charge in [0.15, 0.2) is 5.65 Å². The van der Waals surface area contributed by atoms with E-state index in [4.69, 9.17) is 5.73 Å². The van der Waals surface area contributed by atoms with Gasteiger partial charge in [-0.3, -0.25) is 4.79 Å². The van der Waals surface area contributed by atoms with Gasteiger partial charge in [-0.1, -0.05) is 0 Å². The monoisotopic (exact) mass is 323 g/mol. The second-order valence-electron chi connectivity index (χ2n) is 5.95. The number of nitrogens with zero attached hydrogens (tertiary/aromatic N) is 3. The zero-order valence-electron chi connectivity index (χ0n) is 13.1. The fourth-order valence-corrected chi connectivity index (χ4v) is 2.68. The van der Waals surface area contributed by atoms with Crippen LogP contribution < -0.4 is 11.1 Å². The molecule has 2 aromatic rings. The third-order valence-electron chi connectivity index (χ3n) is 4.02. The van der Waals surface area contributed by atoms with Gasteiger partial charge in [-0.05, 0) is 45.6 Å². The average molecular weight is 324 g/mol. The second kappa shape index (κ2) is 6.22. The predicted octanol–water partition coefficient (Wildman–Crippen LogP) is 1.54. The first-order valence-corrected chi connectivity index (χ1v) is 7.34. The van der Waals surface area contributed by atoms with E-state index < -0.39 is 0 Å². The van der Waals surface area contributed by atoms with E-state index in [-0.39, 0.29) is 24.4 Å². The molecule has 0 aromatic carbocycles. The van der Waals surface area contributed by atoms with E-state index in [0.717, 1.165) is 11.4 Å². The van der Waals surface area contributed by atoms with E-state index in [1.165, 1.54) is 12.8 Å². The lowest BCUT2D eigenvalue weighted by molar-refractivity contribution is 0.0951. The summed E-state index contributed by atoms with van der Waals surface area (Å²) in [5, 5.41) is 7.33. The minimum Gasteiger partial charge on any atom is -0.350 e. The summed E-state index contributed by atoms with van der Waals surface area (Å²) in [6, 6.07) is 2.00. The summed E-state index contributed by atoms with van der Waals surface area (Å²) in [6.07, 6.45) is 2.35. The zero-order valence-corrected chi connectivity index (χ0v) is 13.9. The molecular weight excluding hydrogens is 302 g/mol. The first-order valence-electron chi connectivity index (χ1n) is 7.34. The molecular formula is C15H22ClN5O. The van der Waals surface area contributed by atoms with Gasteiger partial charge in [0.2, 0.25) is 0 Å². The maximum atomic E-state index is 12.5. The molecule has 2 heterocycles. The number of amides is 1. The maximum absolute atomic E-state index is 12.5. The highest BCUT2D eigenvalue weighted by Crippen LogP contribution is 2.31. The Morgan fingerprint density at radius 3 is 2.77 bits per heavy atom. The Bertz CT molecular complexity index is 708. The fraction of sp³-hybridized carbons (Fsp3) is 0.533. The first kappa shape index (κ1) is 16.7. The van der Waals surface area contributed by atoms with Crippen molar-refractivity contribution >= 4 is 24.0 Å². The molecule has 0 bridgehead atoms. The van der Waals surface area contributed by atoms with Crippen LogP contribution in [0.4, 0.5) is 0 Å². The van der Waals surface area contributed by atoms with Gasteiger partial charge in [-0.15, -0.1) is 12.4 Å². The SMILES string of the molecule is Cc1cc(C)n2nc(C)c(C(=O)NCC(N)C3CC3)c2n1.Cl. The molecule has 0 aliphatic heterocycles. The van der Waals surface area contributed by atoms with Crippen LogP contribution in [0.15, 0.2) is 6.07 Å². The van der Waals surface area contributed by atoms with Crippen LogP contribution in [0.3, 0.4) is 0 Å². The minimum absolute atomic E-state index is 0. The fourth-order valence-electron chi connectivity index (χ4n) is 2.68. The Balaban J connectivity index is 0.00000176. The number of fused-ring (bicyclic) bond motifs is 1. The average Bonchev–Trinajstić information content (AvgIpc) is 3.20. The number of carbonyl (C=O) groups excluding carboxylic acids is 1. The largest absolute Gasteiger partial charge is 0.350 e. The Hall–Kier alpha value is -1.66. The molecule has 2 aromatic heterocycles. The molecule has 1 amide bonds. The van der Waals surface area contributed by atoms with E-state index in [0.29, 0.717) is 29.4 Å². The summed E-state index contributed by atoms with van der Waals surface area (Å²) in [7, 11) is 0. The molecule has 3 N–H and O–H groups in total. The molecule has 3 rings (SSSR count). The molecule has 1 fully saturated rings. The van der Waals surface area contributed by atoms with E-state index >= 15 is 0 Å².